The van der Waals surface area contributed by atoms with E-state index in [1.807, 2.05) is 13.2 Å². The highest BCUT2D eigenvalue weighted by Crippen LogP contribution is 2.31. The van der Waals surface area contributed by atoms with Crippen LogP contribution in [-0.2, 0) is 0 Å². The van der Waals surface area contributed by atoms with Gasteiger partial charge in [0.25, 0.3) is 17.4 Å². The Kier molecular flexibility index (Phi) is 7.21. The van der Waals surface area contributed by atoms with Crippen LogP contribution in [0.2, 0.25) is 0 Å². The second-order valence-electron chi connectivity index (χ2n) is 9.75. The van der Waals surface area contributed by atoms with Crippen LogP contribution in [0.1, 0.15) is 53.3 Å². The summed E-state index contributed by atoms with van der Waals surface area (Å²) < 4.78 is 0. The summed E-state index contributed by atoms with van der Waals surface area (Å²) in [4.78, 5) is 54.3. The molecule has 0 radical (unpaired) electrons. The molecule has 194 valence electrons. The summed E-state index contributed by atoms with van der Waals surface area (Å²) in [6.07, 6.45) is 7.53. The Hall–Kier alpha value is -3.37. The highest BCUT2D eigenvalue weighted by molar-refractivity contribution is 8.02. The number of nitrogens with zero attached hydrogens (tertiary/aromatic N) is 3. The number of anilines is 1. The lowest BCUT2D eigenvalue weighted by Crippen LogP contribution is -2.33. The summed E-state index contributed by atoms with van der Waals surface area (Å²) in [7, 11) is 0. The fourth-order valence-electron chi connectivity index (χ4n) is 5.15. The van der Waals surface area contributed by atoms with E-state index in [0.29, 0.717) is 45.8 Å². The summed E-state index contributed by atoms with van der Waals surface area (Å²) in [6.45, 7) is 9.56. The van der Waals surface area contributed by atoms with Gasteiger partial charge in [0.05, 0.1) is 27.8 Å². The Morgan fingerprint density at radius 1 is 1.16 bits per heavy atom. The number of nitrogens with one attached hydrogen (secondary N) is 3. The van der Waals surface area contributed by atoms with Gasteiger partial charge in [-0.05, 0) is 81.6 Å². The van der Waals surface area contributed by atoms with E-state index in [9.17, 15) is 14.4 Å². The molecule has 10 heteroatoms. The molecule has 3 aromatic rings. The van der Waals surface area contributed by atoms with Crippen molar-refractivity contribution in [2.24, 2.45) is 0 Å². The molecule has 2 aliphatic heterocycles. The summed E-state index contributed by atoms with van der Waals surface area (Å²) in [6, 6.07) is 5.19. The van der Waals surface area contributed by atoms with E-state index in [2.05, 4.69) is 31.7 Å². The Morgan fingerprint density at radius 3 is 2.62 bits per heavy atom. The van der Waals surface area contributed by atoms with E-state index in [-0.39, 0.29) is 23.4 Å². The third-order valence-corrected chi connectivity index (χ3v) is 7.79. The SMILES string of the molecule is C=C(CC(C)Nc1cc[nH]c(=O)c1-c1nc2cc3c(cc2[nH]1)C(=O)N(CCCN1CCCC1)C3=O)SC. The number of carbonyl (C=O) groups is 2. The van der Waals surface area contributed by atoms with Crippen LogP contribution in [0, 0.1) is 0 Å². The monoisotopic (exact) mass is 520 g/mol. The Labute approximate surface area is 219 Å². The van der Waals surface area contributed by atoms with Crippen LogP contribution in [0.3, 0.4) is 0 Å². The maximum atomic E-state index is 13.1. The molecule has 1 unspecified atom stereocenters. The van der Waals surface area contributed by atoms with Gasteiger partial charge in [0.2, 0.25) is 0 Å². The first kappa shape index (κ1) is 25.3. The quantitative estimate of drug-likeness (QED) is 0.345. The number of hydrogen-bond acceptors (Lipinski definition) is 7. The van der Waals surface area contributed by atoms with E-state index in [4.69, 9.17) is 0 Å². The Bertz CT molecular complexity index is 1370. The predicted molar refractivity (Wildman–Crippen MR) is 148 cm³/mol. The molecule has 4 heterocycles. The second kappa shape index (κ2) is 10.5. The molecular formula is C27H32N6O3S. The topological polar surface area (TPSA) is 114 Å². The number of fused-ring (bicyclic) bond motifs is 2. The summed E-state index contributed by atoms with van der Waals surface area (Å²) in [5, 5.41) is 3.39. The molecule has 0 bridgehead atoms. The van der Waals surface area contributed by atoms with Crippen LogP contribution < -0.4 is 10.9 Å². The van der Waals surface area contributed by atoms with Gasteiger partial charge in [-0.1, -0.05) is 6.58 Å². The second-order valence-corrected chi connectivity index (χ2v) is 10.7. The van der Waals surface area contributed by atoms with Gasteiger partial charge in [0.1, 0.15) is 11.4 Å². The molecule has 37 heavy (non-hydrogen) atoms. The molecular weight excluding hydrogens is 488 g/mol. The number of imide groups is 1. The van der Waals surface area contributed by atoms with Gasteiger partial charge in [0, 0.05) is 18.8 Å². The van der Waals surface area contributed by atoms with Gasteiger partial charge in [-0.25, -0.2) is 4.98 Å². The maximum absolute atomic E-state index is 13.1. The van der Waals surface area contributed by atoms with Crippen molar-refractivity contribution in [2.45, 2.75) is 38.6 Å². The minimum Gasteiger partial charge on any atom is -0.381 e. The average molecular weight is 521 g/mol. The van der Waals surface area contributed by atoms with Crippen LogP contribution in [0.15, 0.2) is 40.7 Å². The number of benzene rings is 1. The van der Waals surface area contributed by atoms with E-state index in [0.717, 1.165) is 37.4 Å². The third kappa shape index (κ3) is 5.08. The largest absolute Gasteiger partial charge is 0.381 e. The van der Waals surface area contributed by atoms with Crippen molar-refractivity contribution in [3.8, 4) is 11.4 Å². The number of likely N-dealkylation sites (tertiary alicyclic amines) is 1. The van der Waals surface area contributed by atoms with Gasteiger partial charge in [-0.2, -0.15) is 0 Å². The molecule has 2 aliphatic rings. The molecule has 1 saturated heterocycles. The minimum absolute atomic E-state index is 0.0559. The number of pyridine rings is 1. The normalized spacial score (nSPS) is 16.5. The number of H-pyrrole nitrogens is 2. The summed E-state index contributed by atoms with van der Waals surface area (Å²) >= 11 is 1.61. The number of aromatic amines is 2. The molecule has 5 rings (SSSR count). The van der Waals surface area contributed by atoms with Crippen molar-refractivity contribution < 1.29 is 9.59 Å². The fourth-order valence-corrected chi connectivity index (χ4v) is 5.57. The van der Waals surface area contributed by atoms with Crippen molar-refractivity contribution in [2.75, 3.05) is 37.8 Å². The summed E-state index contributed by atoms with van der Waals surface area (Å²) in [5.74, 6) is -0.181. The highest BCUT2D eigenvalue weighted by atomic mass is 32.2. The lowest BCUT2D eigenvalue weighted by atomic mass is 10.1. The first-order valence-electron chi connectivity index (χ1n) is 12.7. The van der Waals surface area contributed by atoms with Gasteiger partial charge < -0.3 is 20.2 Å². The lowest BCUT2D eigenvalue weighted by molar-refractivity contribution is 0.0648. The molecule has 2 amide bonds. The summed E-state index contributed by atoms with van der Waals surface area (Å²) in [5.41, 5.74) is 2.61. The van der Waals surface area contributed by atoms with Crippen molar-refractivity contribution >= 4 is 40.3 Å². The molecule has 3 N–H and O–H groups in total. The zero-order valence-corrected chi connectivity index (χ0v) is 22.0. The maximum Gasteiger partial charge on any atom is 0.261 e. The van der Waals surface area contributed by atoms with Gasteiger partial charge in [-0.15, -0.1) is 11.8 Å². The lowest BCUT2D eigenvalue weighted by Gasteiger charge is -2.17. The molecule has 9 nitrogen and oxygen atoms in total. The Balaban J connectivity index is 1.39. The van der Waals surface area contributed by atoms with Gasteiger partial charge in [-0.3, -0.25) is 19.3 Å². The molecule has 1 aromatic carbocycles. The van der Waals surface area contributed by atoms with Crippen LogP contribution in [0.25, 0.3) is 22.4 Å². The first-order chi connectivity index (χ1) is 17.9. The number of carbonyl (C=O) groups excluding carboxylic acids is 2. The van der Waals surface area contributed by atoms with E-state index in [1.165, 1.54) is 17.7 Å². The third-order valence-electron chi connectivity index (χ3n) is 7.05. The zero-order chi connectivity index (χ0) is 26.1. The molecule has 1 atom stereocenters. The number of thioether (sulfide) groups is 1. The van der Waals surface area contributed by atoms with E-state index in [1.54, 1.807) is 36.2 Å². The number of aromatic nitrogens is 3. The van der Waals surface area contributed by atoms with Crippen molar-refractivity contribution in [1.29, 1.82) is 0 Å². The average Bonchev–Trinajstić information content (AvgIpc) is 3.58. The predicted octanol–water partition coefficient (Wildman–Crippen LogP) is 4.07. The fraction of sp³-hybridized carbons (Fsp3) is 0.407. The Morgan fingerprint density at radius 2 is 1.89 bits per heavy atom. The highest BCUT2D eigenvalue weighted by Gasteiger charge is 2.36. The van der Waals surface area contributed by atoms with E-state index >= 15 is 0 Å². The van der Waals surface area contributed by atoms with Crippen molar-refractivity contribution in [3.05, 3.63) is 57.4 Å². The molecule has 0 spiro atoms. The van der Waals surface area contributed by atoms with Crippen LogP contribution in [0.4, 0.5) is 5.69 Å². The van der Waals surface area contributed by atoms with Gasteiger partial charge >= 0.3 is 0 Å². The number of amides is 2. The molecule has 0 saturated carbocycles. The minimum atomic E-state index is -0.288. The molecule has 2 aromatic heterocycles. The number of imidazole rings is 1. The van der Waals surface area contributed by atoms with Crippen LogP contribution in [0.5, 0.6) is 0 Å². The van der Waals surface area contributed by atoms with Crippen LogP contribution in [-0.4, -0.2) is 75.0 Å². The smallest absolute Gasteiger partial charge is 0.261 e. The molecule has 0 aliphatic carbocycles. The zero-order valence-electron chi connectivity index (χ0n) is 21.2. The van der Waals surface area contributed by atoms with Gasteiger partial charge in [0.15, 0.2) is 0 Å². The van der Waals surface area contributed by atoms with Crippen LogP contribution >= 0.6 is 11.8 Å². The number of hydrogen-bond donors (Lipinski definition) is 3. The standard InChI is InChI=1S/C27H32N6O3S/c1-16(13-17(2)37-3)29-20-7-8-28-25(34)23(20)24-30-21-14-18-19(15-22(21)31-24)27(36)33(26(18)35)12-6-11-32-9-4-5-10-32/h7-8,14-16H,2,4-6,9-13H2,1,3H3,(H,30,31)(H2,28,29,34). The van der Waals surface area contributed by atoms with Crippen molar-refractivity contribution in [1.82, 2.24) is 24.8 Å². The van der Waals surface area contributed by atoms with Crippen molar-refractivity contribution in [3.63, 3.8) is 0 Å². The first-order valence-corrected chi connectivity index (χ1v) is 13.9. The molecule has 1 fully saturated rings. The van der Waals surface area contributed by atoms with E-state index < -0.39 is 0 Å². The number of rotatable bonds is 10.